The summed E-state index contributed by atoms with van der Waals surface area (Å²) < 4.78 is 23.2. The summed E-state index contributed by atoms with van der Waals surface area (Å²) in [5.41, 5.74) is 0.662. The van der Waals surface area contributed by atoms with E-state index in [1.807, 2.05) is 18.2 Å². The molecule has 7 nitrogen and oxygen atoms in total. The van der Waals surface area contributed by atoms with Crippen molar-refractivity contribution in [2.45, 2.75) is 0 Å². The molecule has 2 aromatic heterocycles. The zero-order chi connectivity index (χ0) is 27.1. The van der Waals surface area contributed by atoms with Crippen molar-refractivity contribution < 1.29 is 23.4 Å². The number of rotatable bonds is 5. The fourth-order valence-corrected chi connectivity index (χ4v) is 4.73. The maximum absolute atomic E-state index is 14.3. The van der Waals surface area contributed by atoms with Gasteiger partial charge in [0.05, 0.1) is 30.7 Å². The molecule has 0 fully saturated rings. The predicted molar refractivity (Wildman–Crippen MR) is 150 cm³/mol. The number of phenolic OH excluding ortho intramolecular Hbond substituents is 1. The van der Waals surface area contributed by atoms with E-state index in [-0.39, 0.29) is 39.4 Å². The molecule has 0 atom stereocenters. The molecular weight excluding hydrogens is 496 g/mol. The third kappa shape index (κ3) is 4.01. The summed E-state index contributed by atoms with van der Waals surface area (Å²) in [6, 6.07) is 25.7. The largest absolute Gasteiger partial charge is 0.507 e. The van der Waals surface area contributed by atoms with Gasteiger partial charge in [-0.25, -0.2) is 0 Å². The van der Waals surface area contributed by atoms with Gasteiger partial charge in [-0.2, -0.15) is 0 Å². The molecule has 4 aromatic carbocycles. The molecule has 0 amide bonds. The fraction of sp³-hybridized carbons (Fsp3) is 0.0625. The van der Waals surface area contributed by atoms with E-state index in [1.54, 1.807) is 67.8 Å². The van der Waals surface area contributed by atoms with Gasteiger partial charge in [-0.05, 0) is 36.4 Å². The quantitative estimate of drug-likeness (QED) is 0.274. The van der Waals surface area contributed by atoms with Crippen molar-refractivity contribution in [3.05, 3.63) is 111 Å². The zero-order valence-electron chi connectivity index (χ0n) is 21.1. The topological polar surface area (TPSA) is 99.1 Å². The minimum atomic E-state index is -0.581. The van der Waals surface area contributed by atoms with E-state index in [1.165, 1.54) is 19.2 Å². The molecule has 0 saturated carbocycles. The van der Waals surface area contributed by atoms with Crippen molar-refractivity contribution in [3.8, 4) is 51.0 Å². The highest BCUT2D eigenvalue weighted by molar-refractivity contribution is 5.98. The number of hydrogen-bond acceptors (Lipinski definition) is 7. The van der Waals surface area contributed by atoms with Gasteiger partial charge in [0.15, 0.2) is 0 Å². The normalized spacial score (nSPS) is 11.1. The Kier molecular flexibility index (Phi) is 5.88. The number of hydrogen-bond donors (Lipinski definition) is 1. The van der Waals surface area contributed by atoms with Gasteiger partial charge in [-0.15, -0.1) is 0 Å². The number of benzene rings is 4. The van der Waals surface area contributed by atoms with Crippen LogP contribution in [0, 0.1) is 0 Å². The molecule has 0 unspecified atom stereocenters. The summed E-state index contributed by atoms with van der Waals surface area (Å²) >= 11 is 0. The SMILES string of the molecule is COc1ccc(-c2oc3cc(OC)cc(O)c3c(=O)c2-c2c(-c3ccccc3)oc3ccccc3c2=O)cc1. The molecule has 192 valence electrons. The van der Waals surface area contributed by atoms with E-state index in [4.69, 9.17) is 18.3 Å². The third-order valence-corrected chi connectivity index (χ3v) is 6.62. The first kappa shape index (κ1) is 24.1. The summed E-state index contributed by atoms with van der Waals surface area (Å²) in [6.07, 6.45) is 0. The highest BCUT2D eigenvalue weighted by atomic mass is 16.5. The molecule has 0 saturated heterocycles. The van der Waals surface area contributed by atoms with Crippen molar-refractivity contribution in [3.63, 3.8) is 0 Å². The van der Waals surface area contributed by atoms with Gasteiger partial charge in [0.1, 0.15) is 45.3 Å². The molecule has 6 aromatic rings. The van der Waals surface area contributed by atoms with Gasteiger partial charge in [0.25, 0.3) is 0 Å². The monoisotopic (exact) mass is 518 g/mol. The van der Waals surface area contributed by atoms with Gasteiger partial charge in [0.2, 0.25) is 10.9 Å². The highest BCUT2D eigenvalue weighted by Crippen LogP contribution is 2.40. The lowest BCUT2D eigenvalue weighted by atomic mass is 9.94. The Bertz CT molecular complexity index is 1970. The standard InChI is InChI=1S/C32H22O7/c1-36-20-14-12-19(13-15-20)32-28(30(35)26-23(33)16-21(37-2)17-25(26)39-32)27-29(34)22-10-6-7-11-24(22)38-31(27)18-8-4-3-5-9-18/h3-17,33H,1-2H3. The van der Waals surface area contributed by atoms with Crippen molar-refractivity contribution in [1.82, 2.24) is 0 Å². The van der Waals surface area contributed by atoms with E-state index in [0.29, 0.717) is 33.6 Å². The van der Waals surface area contributed by atoms with Gasteiger partial charge < -0.3 is 23.4 Å². The van der Waals surface area contributed by atoms with Gasteiger partial charge in [-0.3, -0.25) is 9.59 Å². The number of phenols is 1. The van der Waals surface area contributed by atoms with E-state index in [9.17, 15) is 14.7 Å². The summed E-state index contributed by atoms with van der Waals surface area (Å²) in [5.74, 6) is 0.952. The first-order chi connectivity index (χ1) is 19.0. The number of para-hydroxylation sites is 1. The third-order valence-electron chi connectivity index (χ3n) is 6.62. The molecule has 2 heterocycles. The second-order valence-electron chi connectivity index (χ2n) is 8.88. The van der Waals surface area contributed by atoms with Crippen LogP contribution in [0.1, 0.15) is 0 Å². The molecule has 0 bridgehead atoms. The van der Waals surface area contributed by atoms with Crippen LogP contribution >= 0.6 is 0 Å². The number of methoxy groups -OCH3 is 2. The number of ether oxygens (including phenoxy) is 2. The fourth-order valence-electron chi connectivity index (χ4n) is 4.73. The molecule has 6 rings (SSSR count). The van der Waals surface area contributed by atoms with E-state index >= 15 is 0 Å². The Morgan fingerprint density at radius 3 is 1.90 bits per heavy atom. The molecule has 0 radical (unpaired) electrons. The molecule has 39 heavy (non-hydrogen) atoms. The summed E-state index contributed by atoms with van der Waals surface area (Å²) in [5, 5.41) is 11.1. The Morgan fingerprint density at radius 2 is 1.21 bits per heavy atom. The molecule has 0 aliphatic carbocycles. The Labute approximate surface area is 222 Å². The minimum absolute atomic E-state index is 0.0218. The minimum Gasteiger partial charge on any atom is -0.507 e. The number of fused-ring (bicyclic) bond motifs is 2. The Balaban J connectivity index is 1.81. The first-order valence-electron chi connectivity index (χ1n) is 12.1. The van der Waals surface area contributed by atoms with Crippen LogP contribution in [0.5, 0.6) is 17.2 Å². The van der Waals surface area contributed by atoms with Crippen LogP contribution in [-0.2, 0) is 0 Å². The van der Waals surface area contributed by atoms with Crippen molar-refractivity contribution in [1.29, 1.82) is 0 Å². The summed E-state index contributed by atoms with van der Waals surface area (Å²) in [6.45, 7) is 0. The Morgan fingerprint density at radius 1 is 0.615 bits per heavy atom. The molecular formula is C32H22O7. The van der Waals surface area contributed by atoms with Crippen molar-refractivity contribution in [2.75, 3.05) is 14.2 Å². The van der Waals surface area contributed by atoms with Crippen LogP contribution in [0.4, 0.5) is 0 Å². The van der Waals surface area contributed by atoms with E-state index in [2.05, 4.69) is 0 Å². The molecule has 7 heteroatoms. The summed E-state index contributed by atoms with van der Waals surface area (Å²) in [4.78, 5) is 28.4. The highest BCUT2D eigenvalue weighted by Gasteiger charge is 2.27. The number of aromatic hydroxyl groups is 1. The molecule has 0 aliphatic heterocycles. The molecule has 0 spiro atoms. The summed E-state index contributed by atoms with van der Waals surface area (Å²) in [7, 11) is 3.00. The van der Waals surface area contributed by atoms with Gasteiger partial charge in [0, 0.05) is 23.3 Å². The lowest BCUT2D eigenvalue weighted by molar-refractivity contribution is 0.408. The van der Waals surface area contributed by atoms with Crippen LogP contribution in [0.2, 0.25) is 0 Å². The molecule has 1 N–H and O–H groups in total. The van der Waals surface area contributed by atoms with E-state index < -0.39 is 10.9 Å². The lowest BCUT2D eigenvalue weighted by Gasteiger charge is -2.15. The smallest absolute Gasteiger partial charge is 0.205 e. The van der Waals surface area contributed by atoms with Gasteiger partial charge in [-0.1, -0.05) is 42.5 Å². The van der Waals surface area contributed by atoms with Gasteiger partial charge >= 0.3 is 0 Å². The average Bonchev–Trinajstić information content (AvgIpc) is 2.97. The first-order valence-corrected chi connectivity index (χ1v) is 12.1. The van der Waals surface area contributed by atoms with Crippen LogP contribution in [0.3, 0.4) is 0 Å². The van der Waals surface area contributed by atoms with E-state index in [0.717, 1.165) is 0 Å². The zero-order valence-corrected chi connectivity index (χ0v) is 21.1. The maximum Gasteiger partial charge on any atom is 0.205 e. The van der Waals surface area contributed by atoms with Crippen LogP contribution in [0.15, 0.2) is 109 Å². The van der Waals surface area contributed by atoms with Crippen LogP contribution in [-0.4, -0.2) is 19.3 Å². The predicted octanol–water partition coefficient (Wildman–Crippen LogP) is 6.62. The maximum atomic E-state index is 14.3. The average molecular weight is 519 g/mol. The van der Waals surface area contributed by atoms with Crippen molar-refractivity contribution >= 4 is 21.9 Å². The second kappa shape index (κ2) is 9.54. The Hall–Kier alpha value is -5.30. The van der Waals surface area contributed by atoms with Crippen LogP contribution in [0.25, 0.3) is 55.7 Å². The second-order valence-corrected chi connectivity index (χ2v) is 8.88. The lowest BCUT2D eigenvalue weighted by Crippen LogP contribution is -2.16. The van der Waals surface area contributed by atoms with Crippen LogP contribution < -0.4 is 20.3 Å². The van der Waals surface area contributed by atoms with Crippen molar-refractivity contribution in [2.24, 2.45) is 0 Å². The molecule has 0 aliphatic rings.